The van der Waals surface area contributed by atoms with E-state index in [9.17, 15) is 14.4 Å². The van der Waals surface area contributed by atoms with E-state index in [1.54, 1.807) is 0 Å². The summed E-state index contributed by atoms with van der Waals surface area (Å²) in [6, 6.07) is 0. The Morgan fingerprint density at radius 3 is 0.934 bits per heavy atom. The molecule has 0 aliphatic rings. The Morgan fingerprint density at radius 2 is 0.623 bits per heavy atom. The highest BCUT2D eigenvalue weighted by molar-refractivity contribution is 5.71. The quantitative estimate of drug-likeness (QED) is 0.0344. The molecule has 0 heterocycles. The lowest BCUT2D eigenvalue weighted by molar-refractivity contribution is -0.167. The molecule has 0 radical (unpaired) electrons. The van der Waals surface area contributed by atoms with E-state index in [4.69, 9.17) is 14.2 Å². The number of esters is 3. The zero-order valence-corrected chi connectivity index (χ0v) is 41.8. The number of carbonyl (C=O) groups excluding carboxylic acids is 3. The van der Waals surface area contributed by atoms with Gasteiger partial charge in [-0.2, -0.15) is 0 Å². The van der Waals surface area contributed by atoms with Gasteiger partial charge in [0.05, 0.1) is 0 Å². The van der Waals surface area contributed by atoms with Crippen LogP contribution >= 0.6 is 0 Å². The standard InChI is InChI=1S/C55H106O6/c1-6-8-9-10-11-12-24-30-35-40-45-53(56)59-48-52(61-55(58)47-42-37-32-27-26-29-34-39-44-51(5)7-2)49-60-54(57)46-41-36-31-25-22-20-18-16-14-13-15-17-19-21-23-28-33-38-43-50(3)4/h50-52H,6-49H2,1-5H3/t51?,52-/m0/s1. The van der Waals surface area contributed by atoms with Gasteiger partial charge in [-0.05, 0) is 31.1 Å². The van der Waals surface area contributed by atoms with Crippen LogP contribution in [0.4, 0.5) is 0 Å². The summed E-state index contributed by atoms with van der Waals surface area (Å²) >= 11 is 0. The van der Waals surface area contributed by atoms with Crippen molar-refractivity contribution >= 4 is 17.9 Å². The summed E-state index contributed by atoms with van der Waals surface area (Å²) in [5.41, 5.74) is 0. The third-order valence-electron chi connectivity index (χ3n) is 12.8. The third kappa shape index (κ3) is 47.7. The van der Waals surface area contributed by atoms with Crippen LogP contribution in [0.15, 0.2) is 0 Å². The van der Waals surface area contributed by atoms with Gasteiger partial charge in [-0.15, -0.1) is 0 Å². The van der Waals surface area contributed by atoms with Crippen LogP contribution in [0.2, 0.25) is 0 Å². The second-order valence-corrected chi connectivity index (χ2v) is 19.6. The summed E-state index contributed by atoms with van der Waals surface area (Å²) in [7, 11) is 0. The first-order valence-corrected chi connectivity index (χ1v) is 27.3. The molecule has 362 valence electrons. The van der Waals surface area contributed by atoms with Gasteiger partial charge in [0.25, 0.3) is 0 Å². The number of carbonyl (C=O) groups is 3. The predicted octanol–water partition coefficient (Wildman–Crippen LogP) is 17.7. The summed E-state index contributed by atoms with van der Waals surface area (Å²) in [5, 5.41) is 0. The Labute approximate surface area is 380 Å². The summed E-state index contributed by atoms with van der Waals surface area (Å²) in [6.07, 6.45) is 49.5. The first-order valence-electron chi connectivity index (χ1n) is 27.3. The zero-order valence-electron chi connectivity index (χ0n) is 41.8. The minimum atomic E-state index is -0.761. The fourth-order valence-electron chi connectivity index (χ4n) is 8.31. The Hall–Kier alpha value is -1.59. The van der Waals surface area contributed by atoms with Gasteiger partial charge in [0.2, 0.25) is 0 Å². The van der Waals surface area contributed by atoms with E-state index in [0.717, 1.165) is 69.6 Å². The highest BCUT2D eigenvalue weighted by Gasteiger charge is 2.19. The average molecular weight is 863 g/mol. The van der Waals surface area contributed by atoms with E-state index in [-0.39, 0.29) is 31.1 Å². The third-order valence-corrected chi connectivity index (χ3v) is 12.8. The van der Waals surface area contributed by atoms with Crippen LogP contribution < -0.4 is 0 Å². The number of unbranched alkanes of at least 4 members (excludes halogenated alkanes) is 33. The van der Waals surface area contributed by atoms with Crippen molar-refractivity contribution in [3.05, 3.63) is 0 Å². The second kappa shape index (κ2) is 47.9. The van der Waals surface area contributed by atoms with Crippen LogP contribution in [-0.4, -0.2) is 37.2 Å². The van der Waals surface area contributed by atoms with E-state index < -0.39 is 6.10 Å². The molecule has 0 aromatic carbocycles. The molecule has 0 fully saturated rings. The van der Waals surface area contributed by atoms with Crippen LogP contribution in [0, 0.1) is 11.8 Å². The first kappa shape index (κ1) is 59.4. The van der Waals surface area contributed by atoms with Crippen LogP contribution in [0.5, 0.6) is 0 Å². The fraction of sp³-hybridized carbons (Fsp3) is 0.945. The van der Waals surface area contributed by atoms with Gasteiger partial charge in [-0.3, -0.25) is 14.4 Å². The Balaban J connectivity index is 4.19. The SMILES string of the molecule is CCCCCCCCCCCCC(=O)OC[C@@H](COC(=O)CCCCCCCCCCCCCCCCCCCCC(C)C)OC(=O)CCCCCCCCCCC(C)CC. The van der Waals surface area contributed by atoms with Crippen molar-refractivity contribution in [2.75, 3.05) is 13.2 Å². The Kier molecular flexibility index (Phi) is 46.6. The molecule has 0 amide bonds. The smallest absolute Gasteiger partial charge is 0.306 e. The van der Waals surface area contributed by atoms with E-state index in [2.05, 4.69) is 34.6 Å². The predicted molar refractivity (Wildman–Crippen MR) is 261 cm³/mol. The molecular weight excluding hydrogens is 757 g/mol. The summed E-state index contributed by atoms with van der Waals surface area (Å²) in [5.74, 6) is 0.856. The van der Waals surface area contributed by atoms with Crippen molar-refractivity contribution in [1.82, 2.24) is 0 Å². The van der Waals surface area contributed by atoms with Gasteiger partial charge in [-0.25, -0.2) is 0 Å². The highest BCUT2D eigenvalue weighted by Crippen LogP contribution is 2.18. The van der Waals surface area contributed by atoms with Gasteiger partial charge < -0.3 is 14.2 Å². The average Bonchev–Trinajstić information content (AvgIpc) is 3.24. The first-order chi connectivity index (χ1) is 29.8. The van der Waals surface area contributed by atoms with Crippen molar-refractivity contribution in [3.8, 4) is 0 Å². The van der Waals surface area contributed by atoms with Gasteiger partial charge in [-0.1, -0.05) is 266 Å². The lowest BCUT2D eigenvalue weighted by atomic mass is 9.99. The molecule has 0 aromatic rings. The topological polar surface area (TPSA) is 78.9 Å². The number of hydrogen-bond donors (Lipinski definition) is 0. The van der Waals surface area contributed by atoms with Crippen molar-refractivity contribution < 1.29 is 28.6 Å². The monoisotopic (exact) mass is 863 g/mol. The summed E-state index contributed by atoms with van der Waals surface area (Å²) in [6.45, 7) is 11.4. The molecule has 0 saturated heterocycles. The summed E-state index contributed by atoms with van der Waals surface area (Å²) < 4.78 is 16.8. The molecule has 61 heavy (non-hydrogen) atoms. The molecule has 0 saturated carbocycles. The Bertz CT molecular complexity index is 933. The maximum absolute atomic E-state index is 12.8. The van der Waals surface area contributed by atoms with E-state index in [1.165, 1.54) is 193 Å². The van der Waals surface area contributed by atoms with Crippen molar-refractivity contribution in [3.63, 3.8) is 0 Å². The molecular formula is C55H106O6. The van der Waals surface area contributed by atoms with Crippen LogP contribution in [0.25, 0.3) is 0 Å². The summed E-state index contributed by atoms with van der Waals surface area (Å²) in [4.78, 5) is 37.9. The van der Waals surface area contributed by atoms with Crippen LogP contribution in [0.3, 0.4) is 0 Å². The maximum atomic E-state index is 12.8. The lowest BCUT2D eigenvalue weighted by Crippen LogP contribution is -2.30. The molecule has 0 aliphatic heterocycles. The van der Waals surface area contributed by atoms with Crippen LogP contribution in [0.1, 0.15) is 304 Å². The number of ether oxygens (including phenoxy) is 3. The van der Waals surface area contributed by atoms with Crippen molar-refractivity contribution in [2.24, 2.45) is 11.8 Å². The fourth-order valence-corrected chi connectivity index (χ4v) is 8.31. The number of hydrogen-bond acceptors (Lipinski definition) is 6. The van der Waals surface area contributed by atoms with Crippen molar-refractivity contribution in [1.29, 1.82) is 0 Å². The molecule has 0 bridgehead atoms. The maximum Gasteiger partial charge on any atom is 0.306 e. The van der Waals surface area contributed by atoms with Gasteiger partial charge in [0.1, 0.15) is 13.2 Å². The Morgan fingerprint density at radius 1 is 0.344 bits per heavy atom. The van der Waals surface area contributed by atoms with E-state index in [0.29, 0.717) is 19.3 Å². The van der Waals surface area contributed by atoms with Gasteiger partial charge in [0.15, 0.2) is 6.10 Å². The van der Waals surface area contributed by atoms with Crippen molar-refractivity contribution in [2.45, 2.75) is 310 Å². The minimum absolute atomic E-state index is 0.0637. The normalized spacial score (nSPS) is 12.5. The molecule has 2 atom stereocenters. The second-order valence-electron chi connectivity index (χ2n) is 19.6. The van der Waals surface area contributed by atoms with Gasteiger partial charge >= 0.3 is 17.9 Å². The lowest BCUT2D eigenvalue weighted by Gasteiger charge is -2.18. The molecule has 0 aliphatic carbocycles. The molecule has 6 nitrogen and oxygen atoms in total. The molecule has 0 rings (SSSR count). The van der Waals surface area contributed by atoms with Crippen LogP contribution in [-0.2, 0) is 28.6 Å². The van der Waals surface area contributed by atoms with E-state index in [1.807, 2.05) is 0 Å². The highest BCUT2D eigenvalue weighted by atomic mass is 16.6. The minimum Gasteiger partial charge on any atom is -0.462 e. The molecule has 1 unspecified atom stereocenters. The van der Waals surface area contributed by atoms with E-state index >= 15 is 0 Å². The molecule has 0 aromatic heterocycles. The molecule has 0 N–H and O–H groups in total. The zero-order chi connectivity index (χ0) is 44.7. The number of rotatable bonds is 49. The molecule has 0 spiro atoms. The largest absolute Gasteiger partial charge is 0.462 e. The molecule has 6 heteroatoms. The van der Waals surface area contributed by atoms with Gasteiger partial charge in [0, 0.05) is 19.3 Å².